The van der Waals surface area contributed by atoms with E-state index in [4.69, 9.17) is 4.74 Å². The summed E-state index contributed by atoms with van der Waals surface area (Å²) in [6.07, 6.45) is 0.754. The zero-order valence-electron chi connectivity index (χ0n) is 16.0. The van der Waals surface area contributed by atoms with Crippen molar-refractivity contribution in [2.75, 3.05) is 6.61 Å². The molecule has 1 heterocycles. The summed E-state index contributed by atoms with van der Waals surface area (Å²) >= 11 is 1.31. The SMILES string of the molecule is C=C(C)C(=O)OCCCc1c(C)cc(C(=O)O)c(-c2cc(C)cs2)c1C(=O)O. The first kappa shape index (κ1) is 21.4. The van der Waals surface area contributed by atoms with Gasteiger partial charge in [-0.15, -0.1) is 11.3 Å². The number of rotatable bonds is 8. The summed E-state index contributed by atoms with van der Waals surface area (Å²) in [7, 11) is 0. The lowest BCUT2D eigenvalue weighted by Gasteiger charge is -2.17. The van der Waals surface area contributed by atoms with E-state index in [2.05, 4.69) is 6.58 Å². The van der Waals surface area contributed by atoms with Crippen LogP contribution in [0.2, 0.25) is 0 Å². The number of carbonyl (C=O) groups excluding carboxylic acids is 1. The standard InChI is InChI=1S/C21H22O6S/c1-11(2)21(26)27-7-5-6-14-13(4)9-15(19(22)23)17(18(14)20(24)25)16-8-12(3)10-28-16/h8-10H,1,5-7H2,2-4H3,(H,22,23)(H,24,25). The van der Waals surface area contributed by atoms with Crippen LogP contribution in [0.3, 0.4) is 0 Å². The molecule has 28 heavy (non-hydrogen) atoms. The summed E-state index contributed by atoms with van der Waals surface area (Å²) in [5, 5.41) is 21.4. The van der Waals surface area contributed by atoms with E-state index in [1.54, 1.807) is 19.9 Å². The highest BCUT2D eigenvalue weighted by Crippen LogP contribution is 2.37. The van der Waals surface area contributed by atoms with Crippen LogP contribution in [0.1, 0.15) is 50.8 Å². The van der Waals surface area contributed by atoms with E-state index in [1.807, 2.05) is 12.3 Å². The first-order chi connectivity index (χ1) is 13.1. The van der Waals surface area contributed by atoms with Gasteiger partial charge in [-0.2, -0.15) is 0 Å². The highest BCUT2D eigenvalue weighted by molar-refractivity contribution is 7.13. The van der Waals surface area contributed by atoms with Gasteiger partial charge in [-0.25, -0.2) is 14.4 Å². The molecular formula is C21H22O6S. The van der Waals surface area contributed by atoms with Crippen LogP contribution in [0.5, 0.6) is 0 Å². The Morgan fingerprint density at radius 1 is 1.14 bits per heavy atom. The summed E-state index contributed by atoms with van der Waals surface area (Å²) in [5.74, 6) is -2.85. The largest absolute Gasteiger partial charge is 0.478 e. The number of benzene rings is 1. The third-order valence-electron chi connectivity index (χ3n) is 4.23. The van der Waals surface area contributed by atoms with Crippen LogP contribution in [0.4, 0.5) is 0 Å². The van der Waals surface area contributed by atoms with Gasteiger partial charge < -0.3 is 14.9 Å². The second-order valence-electron chi connectivity index (χ2n) is 6.59. The molecule has 0 aliphatic rings. The summed E-state index contributed by atoms with van der Waals surface area (Å²) < 4.78 is 5.07. The predicted molar refractivity (Wildman–Crippen MR) is 107 cm³/mol. The fraction of sp³-hybridized carbons (Fsp3) is 0.286. The molecule has 7 heteroatoms. The summed E-state index contributed by atoms with van der Waals surface area (Å²) in [5.41, 5.74) is 2.53. The third-order valence-corrected chi connectivity index (χ3v) is 5.30. The molecule has 2 N–H and O–H groups in total. The molecule has 0 bridgehead atoms. The molecule has 0 atom stereocenters. The van der Waals surface area contributed by atoms with Crippen molar-refractivity contribution < 1.29 is 29.3 Å². The molecule has 0 saturated heterocycles. The van der Waals surface area contributed by atoms with Crippen molar-refractivity contribution in [1.82, 2.24) is 0 Å². The monoisotopic (exact) mass is 402 g/mol. The maximum atomic E-state index is 12.1. The van der Waals surface area contributed by atoms with E-state index in [9.17, 15) is 24.6 Å². The third kappa shape index (κ3) is 4.67. The zero-order chi connectivity index (χ0) is 21.0. The van der Waals surface area contributed by atoms with E-state index in [-0.39, 0.29) is 23.3 Å². The Kier molecular flexibility index (Phi) is 6.75. The van der Waals surface area contributed by atoms with Crippen LogP contribution in [-0.2, 0) is 16.0 Å². The number of aryl methyl sites for hydroxylation is 2. The van der Waals surface area contributed by atoms with Gasteiger partial charge in [0, 0.05) is 16.0 Å². The Morgan fingerprint density at radius 3 is 2.32 bits per heavy atom. The van der Waals surface area contributed by atoms with Crippen molar-refractivity contribution in [1.29, 1.82) is 0 Å². The van der Waals surface area contributed by atoms with Gasteiger partial charge in [0.15, 0.2) is 0 Å². The van der Waals surface area contributed by atoms with Gasteiger partial charge in [0.2, 0.25) is 0 Å². The van der Waals surface area contributed by atoms with Crippen LogP contribution in [-0.4, -0.2) is 34.7 Å². The topological polar surface area (TPSA) is 101 Å². The molecule has 0 fully saturated rings. The lowest BCUT2D eigenvalue weighted by molar-refractivity contribution is -0.139. The second-order valence-corrected chi connectivity index (χ2v) is 7.50. The lowest BCUT2D eigenvalue weighted by atomic mass is 9.88. The average molecular weight is 402 g/mol. The minimum atomic E-state index is -1.18. The van der Waals surface area contributed by atoms with Crippen LogP contribution < -0.4 is 0 Å². The van der Waals surface area contributed by atoms with Crippen molar-refractivity contribution >= 4 is 29.2 Å². The highest BCUT2D eigenvalue weighted by Gasteiger charge is 2.26. The van der Waals surface area contributed by atoms with Gasteiger partial charge in [-0.3, -0.25) is 0 Å². The molecule has 6 nitrogen and oxygen atoms in total. The fourth-order valence-corrected chi connectivity index (χ4v) is 3.91. The maximum Gasteiger partial charge on any atom is 0.336 e. The molecule has 1 aromatic carbocycles. The van der Waals surface area contributed by atoms with Crippen LogP contribution in [0.15, 0.2) is 29.7 Å². The van der Waals surface area contributed by atoms with Crippen LogP contribution in [0.25, 0.3) is 10.4 Å². The molecule has 0 saturated carbocycles. The number of hydrogen-bond acceptors (Lipinski definition) is 5. The predicted octanol–water partition coefficient (Wildman–Crippen LogP) is 4.48. The minimum Gasteiger partial charge on any atom is -0.478 e. The number of esters is 1. The number of aromatic carboxylic acids is 2. The van der Waals surface area contributed by atoms with Crippen LogP contribution >= 0.6 is 11.3 Å². The van der Waals surface area contributed by atoms with Crippen molar-refractivity contribution in [2.45, 2.75) is 33.6 Å². The normalized spacial score (nSPS) is 10.5. The summed E-state index contributed by atoms with van der Waals surface area (Å²) in [6.45, 7) is 8.74. The molecule has 0 aliphatic carbocycles. The molecule has 0 aliphatic heterocycles. The molecule has 2 aromatic rings. The molecule has 0 spiro atoms. The van der Waals surface area contributed by atoms with Crippen molar-refractivity contribution in [3.05, 3.63) is 57.5 Å². The van der Waals surface area contributed by atoms with Gasteiger partial charge in [0.25, 0.3) is 0 Å². The van der Waals surface area contributed by atoms with Gasteiger partial charge in [0.1, 0.15) is 0 Å². The lowest BCUT2D eigenvalue weighted by Crippen LogP contribution is -2.13. The fourth-order valence-electron chi connectivity index (χ4n) is 2.94. The number of carboxylic acids is 2. The average Bonchev–Trinajstić information content (AvgIpc) is 3.04. The molecule has 2 rings (SSSR count). The minimum absolute atomic E-state index is 0.00882. The molecule has 148 valence electrons. The Balaban J connectivity index is 2.48. The van der Waals surface area contributed by atoms with E-state index in [0.717, 1.165) is 5.56 Å². The van der Waals surface area contributed by atoms with E-state index in [0.29, 0.717) is 34.4 Å². The maximum absolute atomic E-state index is 12.1. The molecule has 0 amide bonds. The summed E-state index contributed by atoms with van der Waals surface area (Å²) in [4.78, 5) is 36.0. The van der Waals surface area contributed by atoms with Gasteiger partial charge in [-0.05, 0) is 67.8 Å². The number of thiophene rings is 1. The first-order valence-corrected chi connectivity index (χ1v) is 9.52. The smallest absolute Gasteiger partial charge is 0.336 e. The van der Waals surface area contributed by atoms with E-state index >= 15 is 0 Å². The zero-order valence-corrected chi connectivity index (χ0v) is 16.8. The van der Waals surface area contributed by atoms with E-state index < -0.39 is 17.9 Å². The Morgan fingerprint density at radius 2 is 1.82 bits per heavy atom. The quantitative estimate of drug-likeness (QED) is 0.383. The molecule has 0 unspecified atom stereocenters. The molecule has 1 aromatic heterocycles. The Bertz CT molecular complexity index is 954. The van der Waals surface area contributed by atoms with Gasteiger partial charge in [0.05, 0.1) is 17.7 Å². The van der Waals surface area contributed by atoms with Crippen molar-refractivity contribution in [3.8, 4) is 10.4 Å². The first-order valence-electron chi connectivity index (χ1n) is 8.64. The van der Waals surface area contributed by atoms with Crippen molar-refractivity contribution in [3.63, 3.8) is 0 Å². The summed E-state index contributed by atoms with van der Waals surface area (Å²) in [6, 6.07) is 3.29. The van der Waals surface area contributed by atoms with Crippen LogP contribution in [0, 0.1) is 13.8 Å². The van der Waals surface area contributed by atoms with E-state index in [1.165, 1.54) is 17.4 Å². The number of carbonyl (C=O) groups is 3. The number of hydrogen-bond donors (Lipinski definition) is 2. The highest BCUT2D eigenvalue weighted by atomic mass is 32.1. The number of ether oxygens (including phenoxy) is 1. The molecule has 0 radical (unpaired) electrons. The molecular weight excluding hydrogens is 380 g/mol. The van der Waals surface area contributed by atoms with Crippen molar-refractivity contribution in [2.24, 2.45) is 0 Å². The Labute approximate surface area is 167 Å². The van der Waals surface area contributed by atoms with Gasteiger partial charge >= 0.3 is 17.9 Å². The van der Waals surface area contributed by atoms with Gasteiger partial charge in [-0.1, -0.05) is 6.58 Å². The Hall–Kier alpha value is -2.93. The number of carboxylic acid groups (broad SMARTS) is 2. The second kappa shape index (κ2) is 8.84.